The van der Waals surface area contributed by atoms with E-state index in [1.165, 1.54) is 42.9 Å². The summed E-state index contributed by atoms with van der Waals surface area (Å²) in [5, 5.41) is 13.2. The van der Waals surface area contributed by atoms with Gasteiger partial charge in [-0.1, -0.05) is 0 Å². The first kappa shape index (κ1) is 16.1. The van der Waals surface area contributed by atoms with Crippen LogP contribution < -0.4 is 10.9 Å². The molecule has 2 aromatic heterocycles. The average molecular weight is 340 g/mol. The van der Waals surface area contributed by atoms with Gasteiger partial charge < -0.3 is 9.73 Å². The van der Waals surface area contributed by atoms with Crippen molar-refractivity contribution in [1.82, 2.24) is 9.55 Å². The van der Waals surface area contributed by atoms with E-state index in [1.54, 1.807) is 12.1 Å². The zero-order valence-corrected chi connectivity index (χ0v) is 12.8. The number of nitro benzene ring substituents is 1. The summed E-state index contributed by atoms with van der Waals surface area (Å²) in [6.07, 6.45) is 2.73. The van der Waals surface area contributed by atoms with E-state index in [0.717, 1.165) is 4.57 Å². The Morgan fingerprint density at radius 2 is 2.04 bits per heavy atom. The number of rotatable bonds is 5. The fourth-order valence-corrected chi connectivity index (χ4v) is 2.13. The number of aromatic nitrogens is 2. The molecule has 1 aromatic carbocycles. The van der Waals surface area contributed by atoms with Gasteiger partial charge in [0.25, 0.3) is 11.2 Å². The number of carbonyl (C=O) groups excluding carboxylic acids is 1. The highest BCUT2D eigenvalue weighted by Gasteiger charge is 2.10. The van der Waals surface area contributed by atoms with Crippen LogP contribution in [0.15, 0.2) is 64.3 Å². The van der Waals surface area contributed by atoms with Crippen molar-refractivity contribution in [3.8, 4) is 11.5 Å². The van der Waals surface area contributed by atoms with E-state index in [-0.39, 0.29) is 12.2 Å². The van der Waals surface area contributed by atoms with E-state index in [1.807, 2.05) is 0 Å². The number of hydrogen-bond acceptors (Lipinski definition) is 6. The fourth-order valence-electron chi connectivity index (χ4n) is 2.13. The highest BCUT2D eigenvalue weighted by Crippen LogP contribution is 2.16. The Kier molecular flexibility index (Phi) is 4.38. The van der Waals surface area contributed by atoms with Crippen LogP contribution in [0.2, 0.25) is 0 Å². The number of non-ortho nitro benzene ring substituents is 1. The quantitative estimate of drug-likeness (QED) is 0.560. The zero-order chi connectivity index (χ0) is 17.8. The molecule has 3 aromatic rings. The molecule has 0 radical (unpaired) electrons. The van der Waals surface area contributed by atoms with Gasteiger partial charge in [0.1, 0.15) is 12.2 Å². The average Bonchev–Trinajstić information content (AvgIpc) is 3.11. The second-order valence-electron chi connectivity index (χ2n) is 5.07. The van der Waals surface area contributed by atoms with Crippen molar-refractivity contribution in [2.75, 3.05) is 5.32 Å². The summed E-state index contributed by atoms with van der Waals surface area (Å²) in [6, 6.07) is 10.0. The van der Waals surface area contributed by atoms with E-state index in [0.29, 0.717) is 17.1 Å². The van der Waals surface area contributed by atoms with Crippen LogP contribution in [0.1, 0.15) is 0 Å². The maximum Gasteiger partial charge on any atom is 0.269 e. The molecule has 0 saturated carbocycles. The van der Waals surface area contributed by atoms with Crippen molar-refractivity contribution in [3.05, 3.63) is 75.5 Å². The molecule has 0 aliphatic rings. The Morgan fingerprint density at radius 1 is 1.28 bits per heavy atom. The molecule has 3 rings (SSSR count). The topological polar surface area (TPSA) is 120 Å². The molecule has 9 heteroatoms. The summed E-state index contributed by atoms with van der Waals surface area (Å²) in [4.78, 5) is 38.2. The maximum absolute atomic E-state index is 12.1. The summed E-state index contributed by atoms with van der Waals surface area (Å²) in [5.74, 6) is 0.00285. The third kappa shape index (κ3) is 3.78. The Morgan fingerprint density at radius 3 is 2.64 bits per heavy atom. The first-order valence-electron chi connectivity index (χ1n) is 7.17. The van der Waals surface area contributed by atoms with Gasteiger partial charge in [-0.25, -0.2) is 4.98 Å². The van der Waals surface area contributed by atoms with Crippen molar-refractivity contribution < 1.29 is 14.1 Å². The maximum atomic E-state index is 12.1. The van der Waals surface area contributed by atoms with Crippen LogP contribution in [-0.2, 0) is 11.3 Å². The summed E-state index contributed by atoms with van der Waals surface area (Å²) in [5.41, 5.74) is 0.290. The lowest BCUT2D eigenvalue weighted by molar-refractivity contribution is -0.384. The summed E-state index contributed by atoms with van der Waals surface area (Å²) < 4.78 is 6.31. The predicted molar refractivity (Wildman–Crippen MR) is 87.9 cm³/mol. The monoisotopic (exact) mass is 340 g/mol. The van der Waals surface area contributed by atoms with Crippen LogP contribution in [0, 0.1) is 10.1 Å². The molecule has 1 N–H and O–H groups in total. The first-order valence-corrected chi connectivity index (χ1v) is 7.17. The lowest BCUT2D eigenvalue weighted by Crippen LogP contribution is -2.27. The number of carbonyl (C=O) groups is 1. The van der Waals surface area contributed by atoms with Crippen molar-refractivity contribution in [2.24, 2.45) is 0 Å². The first-order chi connectivity index (χ1) is 12.0. The number of amides is 1. The van der Waals surface area contributed by atoms with E-state index < -0.39 is 16.4 Å². The van der Waals surface area contributed by atoms with Crippen LogP contribution in [0.5, 0.6) is 0 Å². The number of nitro groups is 1. The normalized spacial score (nSPS) is 10.4. The molecule has 0 aliphatic heterocycles. The molecule has 126 valence electrons. The molecule has 0 saturated heterocycles. The van der Waals surface area contributed by atoms with Crippen molar-refractivity contribution in [3.63, 3.8) is 0 Å². The van der Waals surface area contributed by atoms with Crippen LogP contribution in [0.3, 0.4) is 0 Å². The molecule has 0 spiro atoms. The van der Waals surface area contributed by atoms with Gasteiger partial charge in [0, 0.05) is 23.9 Å². The third-order valence-electron chi connectivity index (χ3n) is 3.33. The Balaban J connectivity index is 1.68. The molecule has 2 heterocycles. The van der Waals surface area contributed by atoms with E-state index in [4.69, 9.17) is 4.42 Å². The SMILES string of the molecule is O=C(Cn1cnc(-c2ccco2)cc1=O)Nc1ccc([N+](=O)[O-])cc1. The second kappa shape index (κ2) is 6.79. The number of hydrogen-bond donors (Lipinski definition) is 1. The van der Waals surface area contributed by atoms with Crippen LogP contribution in [0.25, 0.3) is 11.5 Å². The molecule has 0 bridgehead atoms. The van der Waals surface area contributed by atoms with Crippen LogP contribution >= 0.6 is 0 Å². The molecular formula is C16H12N4O5. The summed E-state index contributed by atoms with van der Waals surface area (Å²) >= 11 is 0. The van der Waals surface area contributed by atoms with Gasteiger partial charge in [-0.3, -0.25) is 24.3 Å². The van der Waals surface area contributed by atoms with Crippen LogP contribution in [0.4, 0.5) is 11.4 Å². The molecule has 0 aliphatic carbocycles. The number of anilines is 1. The summed E-state index contributed by atoms with van der Waals surface area (Å²) in [6.45, 7) is -0.235. The highest BCUT2D eigenvalue weighted by atomic mass is 16.6. The molecule has 25 heavy (non-hydrogen) atoms. The minimum Gasteiger partial charge on any atom is -0.463 e. The number of furan rings is 1. The van der Waals surface area contributed by atoms with Crippen molar-refractivity contribution in [2.45, 2.75) is 6.54 Å². The molecule has 1 amide bonds. The smallest absolute Gasteiger partial charge is 0.269 e. The zero-order valence-electron chi connectivity index (χ0n) is 12.8. The largest absolute Gasteiger partial charge is 0.463 e. The minimum atomic E-state index is -0.530. The highest BCUT2D eigenvalue weighted by molar-refractivity contribution is 5.90. The second-order valence-corrected chi connectivity index (χ2v) is 5.07. The summed E-state index contributed by atoms with van der Waals surface area (Å²) in [7, 11) is 0. The number of nitrogens with one attached hydrogen (secondary N) is 1. The fraction of sp³-hybridized carbons (Fsp3) is 0.0625. The Bertz CT molecular complexity index is 961. The van der Waals surface area contributed by atoms with Gasteiger partial charge in [0.05, 0.1) is 17.5 Å². The number of benzene rings is 1. The third-order valence-corrected chi connectivity index (χ3v) is 3.33. The Hall–Kier alpha value is -3.75. The molecule has 0 unspecified atom stereocenters. The lowest BCUT2D eigenvalue weighted by atomic mass is 10.3. The standard InChI is InChI=1S/C16H12N4O5/c21-15(18-11-3-5-12(6-4-11)20(23)24)9-19-10-17-13(8-16(19)22)14-2-1-7-25-14/h1-8,10H,9H2,(H,18,21). The van der Waals surface area contributed by atoms with E-state index >= 15 is 0 Å². The van der Waals surface area contributed by atoms with Crippen molar-refractivity contribution >= 4 is 17.3 Å². The lowest BCUT2D eigenvalue weighted by Gasteiger charge is -2.07. The molecule has 9 nitrogen and oxygen atoms in total. The van der Waals surface area contributed by atoms with Gasteiger partial charge in [-0.05, 0) is 24.3 Å². The Labute approximate surface area is 140 Å². The van der Waals surface area contributed by atoms with E-state index in [2.05, 4.69) is 10.3 Å². The number of nitrogens with zero attached hydrogens (tertiary/aromatic N) is 3. The van der Waals surface area contributed by atoms with E-state index in [9.17, 15) is 19.7 Å². The van der Waals surface area contributed by atoms with Crippen molar-refractivity contribution in [1.29, 1.82) is 0 Å². The molecule has 0 atom stereocenters. The van der Waals surface area contributed by atoms with Gasteiger partial charge in [-0.2, -0.15) is 0 Å². The molecule has 0 fully saturated rings. The van der Waals surface area contributed by atoms with Gasteiger partial charge >= 0.3 is 0 Å². The molecular weight excluding hydrogens is 328 g/mol. The van der Waals surface area contributed by atoms with Crippen LogP contribution in [-0.4, -0.2) is 20.4 Å². The van der Waals surface area contributed by atoms with Gasteiger partial charge in [0.15, 0.2) is 5.76 Å². The van der Waals surface area contributed by atoms with Gasteiger partial charge in [0.2, 0.25) is 5.91 Å². The van der Waals surface area contributed by atoms with Gasteiger partial charge in [-0.15, -0.1) is 0 Å². The minimum absolute atomic E-state index is 0.0769. The predicted octanol–water partition coefficient (Wildman–Crippen LogP) is 2.05.